The number of ether oxygens (including phenoxy) is 2. The number of rotatable bonds is 7. The van der Waals surface area contributed by atoms with Gasteiger partial charge in [0, 0.05) is 19.7 Å². The monoisotopic (exact) mass is 253 g/mol. The molecule has 0 saturated heterocycles. The molecular formula is C12H19N3O3. The van der Waals surface area contributed by atoms with Crippen LogP contribution in [0.2, 0.25) is 0 Å². The average Bonchev–Trinajstić information content (AvgIpc) is 2.39. The van der Waals surface area contributed by atoms with Crippen molar-refractivity contribution in [3.63, 3.8) is 0 Å². The lowest BCUT2D eigenvalue weighted by atomic mass is 10.3. The molecule has 0 aliphatic carbocycles. The Morgan fingerprint density at radius 1 is 1.44 bits per heavy atom. The average molecular weight is 253 g/mol. The molecule has 1 heterocycles. The molecule has 0 aliphatic rings. The second-order valence-electron chi connectivity index (χ2n) is 3.74. The maximum atomic E-state index is 11.7. The smallest absolute Gasteiger partial charge is 0.242 e. The molecular weight excluding hydrogens is 234 g/mol. The zero-order chi connectivity index (χ0) is 13.4. The zero-order valence-electron chi connectivity index (χ0n) is 10.9. The maximum absolute atomic E-state index is 11.7. The Morgan fingerprint density at radius 2 is 2.22 bits per heavy atom. The van der Waals surface area contributed by atoms with Gasteiger partial charge in [0.25, 0.3) is 0 Å². The van der Waals surface area contributed by atoms with Crippen LogP contribution < -0.4 is 15.4 Å². The fourth-order valence-electron chi connectivity index (χ4n) is 1.33. The van der Waals surface area contributed by atoms with Gasteiger partial charge >= 0.3 is 0 Å². The standard InChI is InChI=1S/C12H19N3O3/c1-9(12(16)13-6-7-17-2)15-10-4-5-11(18-3)14-8-10/h4-5,8-9,15H,6-7H2,1-3H3,(H,13,16). The number of hydrogen-bond acceptors (Lipinski definition) is 5. The predicted octanol–water partition coefficient (Wildman–Crippen LogP) is 0.653. The van der Waals surface area contributed by atoms with Gasteiger partial charge in [-0.05, 0) is 13.0 Å². The molecule has 1 amide bonds. The van der Waals surface area contributed by atoms with E-state index in [0.29, 0.717) is 19.0 Å². The van der Waals surface area contributed by atoms with Crippen molar-refractivity contribution >= 4 is 11.6 Å². The quantitative estimate of drug-likeness (QED) is 0.698. The van der Waals surface area contributed by atoms with E-state index < -0.39 is 0 Å². The number of amides is 1. The summed E-state index contributed by atoms with van der Waals surface area (Å²) >= 11 is 0. The highest BCUT2D eigenvalue weighted by Crippen LogP contribution is 2.11. The van der Waals surface area contributed by atoms with E-state index in [1.54, 1.807) is 33.4 Å². The second kappa shape index (κ2) is 7.50. The first-order chi connectivity index (χ1) is 8.67. The SMILES string of the molecule is COCCNC(=O)C(C)Nc1ccc(OC)nc1. The molecule has 0 fully saturated rings. The molecule has 2 N–H and O–H groups in total. The first kappa shape index (κ1) is 14.2. The Labute approximate surface area is 107 Å². The summed E-state index contributed by atoms with van der Waals surface area (Å²) in [6.45, 7) is 2.79. The van der Waals surface area contributed by atoms with Crippen molar-refractivity contribution in [1.29, 1.82) is 0 Å². The number of pyridine rings is 1. The van der Waals surface area contributed by atoms with Crippen LogP contribution in [-0.4, -0.2) is 44.3 Å². The highest BCUT2D eigenvalue weighted by Gasteiger charge is 2.11. The molecule has 0 aromatic carbocycles. The lowest BCUT2D eigenvalue weighted by Crippen LogP contribution is -2.39. The summed E-state index contributed by atoms with van der Waals surface area (Å²) in [5.41, 5.74) is 0.769. The van der Waals surface area contributed by atoms with Crippen LogP contribution in [0, 0.1) is 0 Å². The van der Waals surface area contributed by atoms with Gasteiger partial charge in [-0.15, -0.1) is 0 Å². The Balaban J connectivity index is 2.42. The highest BCUT2D eigenvalue weighted by molar-refractivity contribution is 5.84. The number of hydrogen-bond donors (Lipinski definition) is 2. The van der Waals surface area contributed by atoms with Crippen molar-refractivity contribution < 1.29 is 14.3 Å². The summed E-state index contributed by atoms with van der Waals surface area (Å²) in [4.78, 5) is 15.7. The van der Waals surface area contributed by atoms with Crippen molar-refractivity contribution in [2.45, 2.75) is 13.0 Å². The minimum absolute atomic E-state index is 0.0807. The predicted molar refractivity (Wildman–Crippen MR) is 68.8 cm³/mol. The van der Waals surface area contributed by atoms with E-state index in [2.05, 4.69) is 15.6 Å². The Morgan fingerprint density at radius 3 is 2.78 bits per heavy atom. The van der Waals surface area contributed by atoms with Crippen LogP contribution >= 0.6 is 0 Å². The van der Waals surface area contributed by atoms with Crippen LogP contribution in [0.4, 0.5) is 5.69 Å². The lowest BCUT2D eigenvalue weighted by Gasteiger charge is -2.15. The summed E-state index contributed by atoms with van der Waals surface area (Å²) in [5, 5.41) is 5.80. The Bertz CT molecular complexity index is 367. The fraction of sp³-hybridized carbons (Fsp3) is 0.500. The largest absolute Gasteiger partial charge is 0.481 e. The highest BCUT2D eigenvalue weighted by atomic mass is 16.5. The van der Waals surface area contributed by atoms with E-state index in [-0.39, 0.29) is 11.9 Å². The second-order valence-corrected chi connectivity index (χ2v) is 3.74. The molecule has 0 bridgehead atoms. The van der Waals surface area contributed by atoms with Gasteiger partial charge in [0.15, 0.2) is 0 Å². The van der Waals surface area contributed by atoms with Crippen LogP contribution in [0.25, 0.3) is 0 Å². The van der Waals surface area contributed by atoms with Crippen LogP contribution in [0.5, 0.6) is 5.88 Å². The number of nitrogens with one attached hydrogen (secondary N) is 2. The molecule has 1 aromatic heterocycles. The minimum atomic E-state index is -0.336. The van der Waals surface area contributed by atoms with Crippen molar-refractivity contribution in [3.05, 3.63) is 18.3 Å². The number of carbonyl (C=O) groups is 1. The molecule has 18 heavy (non-hydrogen) atoms. The van der Waals surface area contributed by atoms with Crippen LogP contribution in [-0.2, 0) is 9.53 Å². The molecule has 1 atom stereocenters. The third kappa shape index (κ3) is 4.58. The van der Waals surface area contributed by atoms with Gasteiger partial charge in [-0.25, -0.2) is 4.98 Å². The molecule has 100 valence electrons. The van der Waals surface area contributed by atoms with E-state index in [1.807, 2.05) is 6.07 Å². The third-order valence-electron chi connectivity index (χ3n) is 2.33. The van der Waals surface area contributed by atoms with E-state index >= 15 is 0 Å². The van der Waals surface area contributed by atoms with Crippen molar-refractivity contribution in [3.8, 4) is 5.88 Å². The van der Waals surface area contributed by atoms with Gasteiger partial charge in [0.05, 0.1) is 25.6 Å². The van der Waals surface area contributed by atoms with E-state index in [1.165, 1.54) is 0 Å². The number of aromatic nitrogens is 1. The van der Waals surface area contributed by atoms with Gasteiger partial charge in [0.1, 0.15) is 6.04 Å². The van der Waals surface area contributed by atoms with Crippen molar-refractivity contribution in [1.82, 2.24) is 10.3 Å². The zero-order valence-corrected chi connectivity index (χ0v) is 10.9. The summed E-state index contributed by atoms with van der Waals surface area (Å²) in [7, 11) is 3.15. The summed E-state index contributed by atoms with van der Waals surface area (Å²) in [6.07, 6.45) is 1.62. The molecule has 0 saturated carbocycles. The van der Waals surface area contributed by atoms with E-state index in [4.69, 9.17) is 9.47 Å². The van der Waals surface area contributed by atoms with Crippen LogP contribution in [0.1, 0.15) is 6.92 Å². The number of methoxy groups -OCH3 is 2. The summed E-state index contributed by atoms with van der Waals surface area (Å²) < 4.78 is 9.81. The Hall–Kier alpha value is -1.82. The maximum Gasteiger partial charge on any atom is 0.242 e. The number of nitrogens with zero attached hydrogens (tertiary/aromatic N) is 1. The number of anilines is 1. The van der Waals surface area contributed by atoms with Crippen LogP contribution in [0.15, 0.2) is 18.3 Å². The van der Waals surface area contributed by atoms with E-state index in [9.17, 15) is 4.79 Å². The van der Waals surface area contributed by atoms with Crippen LogP contribution in [0.3, 0.4) is 0 Å². The van der Waals surface area contributed by atoms with Gasteiger partial charge in [0.2, 0.25) is 11.8 Å². The normalized spacial score (nSPS) is 11.7. The Kier molecular flexibility index (Phi) is 5.93. The lowest BCUT2D eigenvalue weighted by molar-refractivity contribution is -0.121. The fourth-order valence-corrected chi connectivity index (χ4v) is 1.33. The van der Waals surface area contributed by atoms with Gasteiger partial charge in [-0.1, -0.05) is 0 Å². The minimum Gasteiger partial charge on any atom is -0.481 e. The molecule has 6 nitrogen and oxygen atoms in total. The van der Waals surface area contributed by atoms with Gasteiger partial charge in [-0.2, -0.15) is 0 Å². The molecule has 0 spiro atoms. The molecule has 0 aliphatic heterocycles. The van der Waals surface area contributed by atoms with Gasteiger partial charge < -0.3 is 20.1 Å². The molecule has 0 radical (unpaired) electrons. The van der Waals surface area contributed by atoms with Crippen molar-refractivity contribution in [2.24, 2.45) is 0 Å². The summed E-state index contributed by atoms with van der Waals surface area (Å²) in [5.74, 6) is 0.459. The molecule has 6 heteroatoms. The van der Waals surface area contributed by atoms with Gasteiger partial charge in [-0.3, -0.25) is 4.79 Å². The van der Waals surface area contributed by atoms with E-state index in [0.717, 1.165) is 5.69 Å². The molecule has 1 rings (SSSR count). The first-order valence-corrected chi connectivity index (χ1v) is 5.70. The first-order valence-electron chi connectivity index (χ1n) is 5.70. The number of carbonyl (C=O) groups excluding carboxylic acids is 1. The third-order valence-corrected chi connectivity index (χ3v) is 2.33. The topological polar surface area (TPSA) is 72.5 Å². The summed E-state index contributed by atoms with van der Waals surface area (Å²) in [6, 6.07) is 3.21. The molecule has 1 unspecified atom stereocenters. The molecule has 1 aromatic rings. The van der Waals surface area contributed by atoms with Crippen molar-refractivity contribution in [2.75, 3.05) is 32.7 Å².